The standard InChI is InChI=1S/C23H25FN4O3.2C2HF3O2/c1-28(2)7-8-30-22-11-15(18-12-25-26-13-18)3-5-20(22)27-23(29)17-9-16-10-19(24)4-6-21(16)31-14-17;2*3-2(4,5)1(6)7/h3-6,10-13,17H,7-9,14H2,1-2H3,(H,25,26)(H,27,29);2*(H,6,7). The van der Waals surface area contributed by atoms with Crippen LogP contribution in [0, 0.1) is 11.7 Å². The second-order valence-corrected chi connectivity index (χ2v) is 9.41. The molecule has 4 rings (SSSR count). The monoisotopic (exact) mass is 652 g/mol. The van der Waals surface area contributed by atoms with Gasteiger partial charge < -0.3 is 29.9 Å². The van der Waals surface area contributed by atoms with Crippen LogP contribution in [-0.2, 0) is 20.8 Å². The largest absolute Gasteiger partial charge is 0.492 e. The number of carbonyl (C=O) groups excluding carboxylic acids is 1. The highest BCUT2D eigenvalue weighted by Gasteiger charge is 2.39. The Morgan fingerprint density at radius 2 is 1.64 bits per heavy atom. The molecule has 0 radical (unpaired) electrons. The highest BCUT2D eigenvalue weighted by Crippen LogP contribution is 2.33. The van der Waals surface area contributed by atoms with E-state index in [9.17, 15) is 35.5 Å². The third-order valence-corrected chi connectivity index (χ3v) is 5.65. The summed E-state index contributed by atoms with van der Waals surface area (Å²) in [5.41, 5.74) is 3.14. The second kappa shape index (κ2) is 15.7. The molecule has 11 nitrogen and oxygen atoms in total. The number of hydrogen-bond acceptors (Lipinski definition) is 7. The Hall–Kier alpha value is -4.87. The van der Waals surface area contributed by atoms with E-state index in [0.717, 1.165) is 17.7 Å². The van der Waals surface area contributed by atoms with Gasteiger partial charge in [-0.25, -0.2) is 14.0 Å². The van der Waals surface area contributed by atoms with Gasteiger partial charge in [-0.15, -0.1) is 0 Å². The van der Waals surface area contributed by atoms with Crippen molar-refractivity contribution in [3.05, 3.63) is 60.2 Å². The van der Waals surface area contributed by atoms with Crippen LogP contribution in [-0.4, -0.2) is 89.4 Å². The average molecular weight is 653 g/mol. The van der Waals surface area contributed by atoms with E-state index < -0.39 is 30.2 Å². The Bertz CT molecular complexity index is 1420. The minimum absolute atomic E-state index is 0.191. The number of rotatable bonds is 7. The molecule has 0 aliphatic carbocycles. The lowest BCUT2D eigenvalue weighted by atomic mass is 9.95. The first-order valence-corrected chi connectivity index (χ1v) is 12.6. The van der Waals surface area contributed by atoms with Crippen molar-refractivity contribution in [3.8, 4) is 22.6 Å². The Balaban J connectivity index is 0.000000421. The Kier molecular flexibility index (Phi) is 12.7. The molecule has 0 bridgehead atoms. The van der Waals surface area contributed by atoms with Crippen LogP contribution in [0.2, 0.25) is 0 Å². The number of aromatic amines is 1. The number of nitrogens with one attached hydrogen (secondary N) is 2. The lowest BCUT2D eigenvalue weighted by Gasteiger charge is -2.25. The number of halogens is 7. The van der Waals surface area contributed by atoms with E-state index in [1.54, 1.807) is 18.5 Å². The molecule has 1 atom stereocenters. The predicted molar refractivity (Wildman–Crippen MR) is 143 cm³/mol. The summed E-state index contributed by atoms with van der Waals surface area (Å²) in [7, 11) is 3.94. The molecule has 246 valence electrons. The zero-order chi connectivity index (χ0) is 33.9. The van der Waals surface area contributed by atoms with Crippen molar-refractivity contribution in [3.63, 3.8) is 0 Å². The van der Waals surface area contributed by atoms with E-state index in [2.05, 4.69) is 15.5 Å². The molecule has 2 aromatic carbocycles. The number of carbonyl (C=O) groups is 3. The number of carboxylic acid groups (broad SMARTS) is 2. The van der Waals surface area contributed by atoms with Gasteiger partial charge in [0, 0.05) is 18.3 Å². The summed E-state index contributed by atoms with van der Waals surface area (Å²) in [4.78, 5) is 32.8. The maximum Gasteiger partial charge on any atom is 0.490 e. The highest BCUT2D eigenvalue weighted by molar-refractivity contribution is 5.95. The van der Waals surface area contributed by atoms with Gasteiger partial charge in [-0.3, -0.25) is 9.89 Å². The lowest BCUT2D eigenvalue weighted by molar-refractivity contribution is -0.193. The fraction of sp³-hybridized carbons (Fsp3) is 0.333. The number of alkyl halides is 6. The molecule has 1 unspecified atom stereocenters. The van der Waals surface area contributed by atoms with Gasteiger partial charge in [-0.2, -0.15) is 31.4 Å². The van der Waals surface area contributed by atoms with Crippen molar-refractivity contribution in [1.82, 2.24) is 15.1 Å². The van der Waals surface area contributed by atoms with Crippen molar-refractivity contribution in [2.24, 2.45) is 5.92 Å². The SMILES string of the molecule is CN(C)CCOc1cc(-c2cn[nH]c2)ccc1NC(=O)C1COc2ccc(F)cc2C1.O=C(O)C(F)(F)F.O=C(O)C(F)(F)F. The molecule has 1 aromatic heterocycles. The summed E-state index contributed by atoms with van der Waals surface area (Å²) in [6.07, 6.45) is -6.22. The van der Waals surface area contributed by atoms with E-state index in [1.807, 2.05) is 37.2 Å². The molecule has 0 fully saturated rings. The maximum atomic E-state index is 13.6. The maximum absolute atomic E-state index is 13.6. The zero-order valence-electron chi connectivity index (χ0n) is 23.5. The molecule has 18 heteroatoms. The molecule has 1 amide bonds. The van der Waals surface area contributed by atoms with E-state index >= 15 is 0 Å². The van der Waals surface area contributed by atoms with Gasteiger partial charge in [-0.1, -0.05) is 6.07 Å². The number of H-pyrrole nitrogens is 1. The molecule has 1 aliphatic heterocycles. The number of anilines is 1. The summed E-state index contributed by atoms with van der Waals surface area (Å²) in [5.74, 6) is -5.25. The minimum atomic E-state index is -5.08. The van der Waals surface area contributed by atoms with Crippen molar-refractivity contribution in [2.45, 2.75) is 18.8 Å². The number of aliphatic carboxylic acids is 2. The minimum Gasteiger partial charge on any atom is -0.492 e. The van der Waals surface area contributed by atoms with Gasteiger partial charge in [0.2, 0.25) is 5.91 Å². The molecule has 3 aromatic rings. The van der Waals surface area contributed by atoms with Crippen molar-refractivity contribution >= 4 is 23.5 Å². The van der Waals surface area contributed by atoms with E-state index in [4.69, 9.17) is 29.3 Å². The normalized spacial score (nSPS) is 14.0. The summed E-state index contributed by atoms with van der Waals surface area (Å²) in [5, 5.41) is 24.0. The van der Waals surface area contributed by atoms with Crippen LogP contribution in [0.25, 0.3) is 11.1 Å². The Morgan fingerprint density at radius 3 is 2.18 bits per heavy atom. The van der Waals surface area contributed by atoms with Gasteiger partial charge in [0.25, 0.3) is 0 Å². The van der Waals surface area contributed by atoms with Crippen molar-refractivity contribution in [2.75, 3.05) is 39.2 Å². The highest BCUT2D eigenvalue weighted by atomic mass is 19.4. The number of amides is 1. The average Bonchev–Trinajstić information content (AvgIpc) is 3.48. The van der Waals surface area contributed by atoms with Crippen LogP contribution in [0.15, 0.2) is 48.8 Å². The van der Waals surface area contributed by atoms with Crippen LogP contribution >= 0.6 is 0 Å². The Labute approximate surface area is 250 Å². The topological polar surface area (TPSA) is 154 Å². The molecular formula is C27H27F7N4O7. The summed E-state index contributed by atoms with van der Waals surface area (Å²) in [6.45, 7) is 1.46. The van der Waals surface area contributed by atoms with Gasteiger partial charge >= 0.3 is 24.3 Å². The summed E-state index contributed by atoms with van der Waals surface area (Å²) >= 11 is 0. The number of carboxylic acids is 2. The van der Waals surface area contributed by atoms with E-state index in [0.29, 0.717) is 35.8 Å². The second-order valence-electron chi connectivity index (χ2n) is 9.41. The fourth-order valence-corrected chi connectivity index (χ4v) is 3.44. The molecule has 0 spiro atoms. The molecule has 1 aliphatic rings. The first kappa shape index (κ1) is 36.3. The number of likely N-dealkylation sites (N-methyl/N-ethyl adjacent to an activating group) is 1. The number of fused-ring (bicyclic) bond motifs is 1. The van der Waals surface area contributed by atoms with Crippen LogP contribution < -0.4 is 14.8 Å². The molecular weight excluding hydrogens is 625 g/mol. The smallest absolute Gasteiger partial charge is 0.490 e. The molecule has 0 saturated heterocycles. The lowest BCUT2D eigenvalue weighted by Crippen LogP contribution is -2.32. The van der Waals surface area contributed by atoms with Gasteiger partial charge in [0.05, 0.1) is 17.8 Å². The number of nitrogens with zero attached hydrogens (tertiary/aromatic N) is 2. The number of hydrogen-bond donors (Lipinski definition) is 4. The summed E-state index contributed by atoms with van der Waals surface area (Å²) < 4.78 is 88.7. The van der Waals surface area contributed by atoms with Crippen LogP contribution in [0.3, 0.4) is 0 Å². The predicted octanol–water partition coefficient (Wildman–Crippen LogP) is 4.61. The third-order valence-electron chi connectivity index (χ3n) is 5.65. The third kappa shape index (κ3) is 12.0. The van der Waals surface area contributed by atoms with Crippen LogP contribution in [0.5, 0.6) is 11.5 Å². The van der Waals surface area contributed by atoms with Gasteiger partial charge in [0.1, 0.15) is 30.5 Å². The molecule has 2 heterocycles. The molecule has 45 heavy (non-hydrogen) atoms. The zero-order valence-corrected chi connectivity index (χ0v) is 23.5. The van der Waals surface area contributed by atoms with Crippen molar-refractivity contribution in [1.29, 1.82) is 0 Å². The summed E-state index contributed by atoms with van der Waals surface area (Å²) in [6, 6.07) is 9.99. The molecule has 0 saturated carbocycles. The van der Waals surface area contributed by atoms with Gasteiger partial charge in [0.15, 0.2) is 0 Å². The van der Waals surface area contributed by atoms with Gasteiger partial charge in [-0.05, 0) is 62.0 Å². The van der Waals surface area contributed by atoms with Crippen molar-refractivity contribution < 1.29 is 64.8 Å². The number of ether oxygens (including phenoxy) is 2. The fourth-order valence-electron chi connectivity index (χ4n) is 3.44. The quantitative estimate of drug-likeness (QED) is 0.268. The van der Waals surface area contributed by atoms with Crippen LogP contribution in [0.4, 0.5) is 36.4 Å². The number of aromatic nitrogens is 2. The van der Waals surface area contributed by atoms with Crippen LogP contribution in [0.1, 0.15) is 5.56 Å². The Morgan fingerprint density at radius 1 is 1.02 bits per heavy atom. The first-order valence-electron chi connectivity index (χ1n) is 12.6. The van der Waals surface area contributed by atoms with E-state index in [1.165, 1.54) is 12.1 Å². The first-order chi connectivity index (χ1) is 20.9. The van der Waals surface area contributed by atoms with E-state index in [-0.39, 0.29) is 18.3 Å². The number of benzene rings is 2. The molecule has 4 N–H and O–H groups in total.